The molecule has 172 valence electrons. The Balaban J connectivity index is 1.57. The van der Waals surface area contributed by atoms with Gasteiger partial charge in [0.15, 0.2) is 5.69 Å². The average Bonchev–Trinajstić information content (AvgIpc) is 3.47. The molecule has 0 radical (unpaired) electrons. The van der Waals surface area contributed by atoms with E-state index in [0.717, 1.165) is 23.6 Å². The zero-order valence-electron chi connectivity index (χ0n) is 16.9. The number of nitrogens with one attached hydrogen (secondary N) is 1. The van der Waals surface area contributed by atoms with Gasteiger partial charge in [-0.2, -0.15) is 23.4 Å². The van der Waals surface area contributed by atoms with Crippen molar-refractivity contribution in [3.63, 3.8) is 0 Å². The number of rotatable bonds is 6. The summed E-state index contributed by atoms with van der Waals surface area (Å²) in [6, 6.07) is 15.0. The molecule has 1 N–H and O–H groups in total. The molecular formula is C21H13F3N6O3S. The summed E-state index contributed by atoms with van der Waals surface area (Å²) in [7, 11) is 0. The number of alkyl halides is 3. The van der Waals surface area contributed by atoms with Gasteiger partial charge in [0.25, 0.3) is 11.6 Å². The molecule has 0 spiro atoms. The fourth-order valence-corrected chi connectivity index (χ4v) is 3.69. The second-order valence-corrected chi connectivity index (χ2v) is 7.56. The van der Waals surface area contributed by atoms with Gasteiger partial charge < -0.3 is 0 Å². The summed E-state index contributed by atoms with van der Waals surface area (Å²) in [4.78, 5) is 26.7. The van der Waals surface area contributed by atoms with E-state index in [1.54, 1.807) is 36.4 Å². The van der Waals surface area contributed by atoms with Gasteiger partial charge in [0.1, 0.15) is 5.69 Å². The lowest BCUT2D eigenvalue weighted by Crippen LogP contribution is -2.18. The number of carbonyl (C=O) groups is 1. The number of amides is 1. The van der Waals surface area contributed by atoms with E-state index < -0.39 is 22.7 Å². The number of thiazole rings is 1. The topological polar surface area (TPSA) is 115 Å². The molecule has 13 heteroatoms. The summed E-state index contributed by atoms with van der Waals surface area (Å²) < 4.78 is 41.5. The molecule has 0 atom stereocenters. The number of halogens is 3. The number of benzene rings is 2. The van der Waals surface area contributed by atoms with Crippen molar-refractivity contribution >= 4 is 29.1 Å². The van der Waals surface area contributed by atoms with Crippen LogP contribution >= 0.6 is 11.3 Å². The van der Waals surface area contributed by atoms with Crippen LogP contribution in [0.2, 0.25) is 0 Å². The monoisotopic (exact) mass is 486 g/mol. The van der Waals surface area contributed by atoms with Crippen LogP contribution in [-0.4, -0.2) is 31.8 Å². The number of hydrogen-bond acceptors (Lipinski definition) is 7. The van der Waals surface area contributed by atoms with Crippen LogP contribution in [-0.2, 0) is 6.18 Å². The third-order valence-corrected chi connectivity index (χ3v) is 5.29. The molecule has 4 aromatic rings. The SMILES string of the molecule is O=C(NN=Cc1ccccc1[N+](=O)[O-])c1csc(-n2nc(-c3ccccc3)cc2C(F)(F)F)n1. The summed E-state index contributed by atoms with van der Waals surface area (Å²) in [5.74, 6) is -0.804. The van der Waals surface area contributed by atoms with Crippen LogP contribution in [0, 0.1) is 10.1 Å². The molecule has 34 heavy (non-hydrogen) atoms. The van der Waals surface area contributed by atoms with Gasteiger partial charge in [-0.3, -0.25) is 14.9 Å². The number of carbonyl (C=O) groups excluding carboxylic acids is 1. The van der Waals surface area contributed by atoms with Crippen LogP contribution in [0.3, 0.4) is 0 Å². The molecule has 2 heterocycles. The molecule has 2 aromatic carbocycles. The molecule has 0 aliphatic rings. The minimum Gasteiger partial charge on any atom is -0.266 e. The molecule has 2 aromatic heterocycles. The van der Waals surface area contributed by atoms with Crippen LogP contribution < -0.4 is 5.43 Å². The van der Waals surface area contributed by atoms with Crippen molar-refractivity contribution in [1.29, 1.82) is 0 Å². The Morgan fingerprint density at radius 2 is 1.85 bits per heavy atom. The number of hydrogen-bond donors (Lipinski definition) is 1. The molecule has 4 rings (SSSR count). The summed E-state index contributed by atoms with van der Waals surface area (Å²) in [5.41, 5.74) is 1.47. The van der Waals surface area contributed by atoms with Crippen molar-refractivity contribution in [2.75, 3.05) is 0 Å². The maximum absolute atomic E-state index is 13.6. The van der Waals surface area contributed by atoms with E-state index in [2.05, 4.69) is 20.6 Å². The molecule has 0 bridgehead atoms. The lowest BCUT2D eigenvalue weighted by atomic mass is 10.1. The normalized spacial score (nSPS) is 11.6. The first-order valence-electron chi connectivity index (χ1n) is 9.49. The van der Waals surface area contributed by atoms with E-state index in [1.165, 1.54) is 23.6 Å². The Hall–Kier alpha value is -4.39. The van der Waals surface area contributed by atoms with E-state index >= 15 is 0 Å². The first kappa shape index (κ1) is 22.8. The molecule has 0 unspecified atom stereocenters. The van der Waals surface area contributed by atoms with Crippen molar-refractivity contribution < 1.29 is 22.9 Å². The third kappa shape index (κ3) is 4.83. The zero-order valence-corrected chi connectivity index (χ0v) is 17.7. The Morgan fingerprint density at radius 1 is 1.15 bits per heavy atom. The molecule has 1 amide bonds. The van der Waals surface area contributed by atoms with E-state index in [4.69, 9.17) is 0 Å². The van der Waals surface area contributed by atoms with Gasteiger partial charge in [-0.1, -0.05) is 42.5 Å². The van der Waals surface area contributed by atoms with Gasteiger partial charge in [0, 0.05) is 17.0 Å². The highest BCUT2D eigenvalue weighted by atomic mass is 32.1. The zero-order chi connectivity index (χ0) is 24.3. The minimum atomic E-state index is -4.71. The quantitative estimate of drug-likeness (QED) is 0.241. The molecule has 0 saturated carbocycles. The summed E-state index contributed by atoms with van der Waals surface area (Å²) in [6.45, 7) is 0. The van der Waals surface area contributed by atoms with Gasteiger partial charge >= 0.3 is 6.18 Å². The van der Waals surface area contributed by atoms with Gasteiger partial charge in [0.05, 0.1) is 22.4 Å². The number of hydrazone groups is 1. The number of para-hydroxylation sites is 1. The van der Waals surface area contributed by atoms with Crippen molar-refractivity contribution in [1.82, 2.24) is 20.2 Å². The average molecular weight is 486 g/mol. The standard InChI is InChI=1S/C21H13F3N6O3S/c22-21(23,24)18-10-15(13-6-2-1-3-7-13)28-29(18)20-26-16(12-34-20)19(31)27-25-11-14-8-4-5-9-17(14)30(32)33/h1-12H,(H,27,31). The Kier molecular flexibility index (Phi) is 6.19. The summed E-state index contributed by atoms with van der Waals surface area (Å²) in [5, 5.41) is 19.8. The number of nitrogens with zero attached hydrogens (tertiary/aromatic N) is 5. The minimum absolute atomic E-state index is 0.100. The number of nitro benzene ring substituents is 1. The predicted molar refractivity (Wildman–Crippen MR) is 118 cm³/mol. The highest BCUT2D eigenvalue weighted by Crippen LogP contribution is 2.34. The van der Waals surface area contributed by atoms with Crippen molar-refractivity contribution in [2.24, 2.45) is 5.10 Å². The largest absolute Gasteiger partial charge is 0.433 e. The third-order valence-electron chi connectivity index (χ3n) is 4.48. The lowest BCUT2D eigenvalue weighted by Gasteiger charge is -2.06. The van der Waals surface area contributed by atoms with E-state index in [-0.39, 0.29) is 27.8 Å². The Morgan fingerprint density at radius 3 is 2.56 bits per heavy atom. The van der Waals surface area contributed by atoms with Crippen molar-refractivity contribution in [3.8, 4) is 16.4 Å². The summed E-state index contributed by atoms with van der Waals surface area (Å²) >= 11 is 0.793. The fourth-order valence-electron chi connectivity index (χ4n) is 2.93. The Bertz CT molecular complexity index is 1380. The highest BCUT2D eigenvalue weighted by Gasteiger charge is 2.37. The molecule has 9 nitrogen and oxygen atoms in total. The number of aromatic nitrogens is 3. The summed E-state index contributed by atoms with van der Waals surface area (Å²) in [6.07, 6.45) is -3.62. The maximum atomic E-state index is 13.6. The lowest BCUT2D eigenvalue weighted by molar-refractivity contribution is -0.385. The Labute approximate surface area is 193 Å². The van der Waals surface area contributed by atoms with E-state index in [9.17, 15) is 28.1 Å². The smallest absolute Gasteiger partial charge is 0.266 e. The highest BCUT2D eigenvalue weighted by molar-refractivity contribution is 7.12. The van der Waals surface area contributed by atoms with E-state index in [0.29, 0.717) is 10.2 Å². The van der Waals surface area contributed by atoms with Crippen LogP contribution in [0.1, 0.15) is 21.7 Å². The first-order chi connectivity index (χ1) is 16.2. The predicted octanol–water partition coefficient (Wildman–Crippen LogP) is 4.69. The molecule has 0 saturated heterocycles. The molecule has 0 aliphatic heterocycles. The van der Waals surface area contributed by atoms with Gasteiger partial charge in [-0.25, -0.2) is 15.1 Å². The molecule has 0 fully saturated rings. The molecule has 0 aliphatic carbocycles. The molecular weight excluding hydrogens is 473 g/mol. The van der Waals surface area contributed by atoms with Gasteiger partial charge in [0.2, 0.25) is 5.13 Å². The number of nitro groups is 1. The van der Waals surface area contributed by atoms with Crippen LogP contribution in [0.25, 0.3) is 16.4 Å². The van der Waals surface area contributed by atoms with Crippen LogP contribution in [0.5, 0.6) is 0 Å². The van der Waals surface area contributed by atoms with Crippen molar-refractivity contribution in [2.45, 2.75) is 6.18 Å². The van der Waals surface area contributed by atoms with Gasteiger partial charge in [-0.05, 0) is 12.1 Å². The second-order valence-electron chi connectivity index (χ2n) is 6.72. The van der Waals surface area contributed by atoms with Crippen LogP contribution in [0.15, 0.2) is 71.1 Å². The van der Waals surface area contributed by atoms with E-state index in [1.807, 2.05) is 0 Å². The maximum Gasteiger partial charge on any atom is 0.433 e. The van der Waals surface area contributed by atoms with Crippen LogP contribution in [0.4, 0.5) is 18.9 Å². The van der Waals surface area contributed by atoms with Gasteiger partial charge in [-0.15, -0.1) is 11.3 Å². The fraction of sp³-hybridized carbons (Fsp3) is 0.0476. The van der Waals surface area contributed by atoms with Crippen molar-refractivity contribution in [3.05, 3.63) is 93.1 Å². The second kappa shape index (κ2) is 9.23. The first-order valence-corrected chi connectivity index (χ1v) is 10.4.